The zero-order chi connectivity index (χ0) is 15.9. The molecule has 0 heterocycles. The van der Waals surface area contributed by atoms with Crippen LogP contribution in [0.3, 0.4) is 0 Å². The van der Waals surface area contributed by atoms with Gasteiger partial charge in [-0.2, -0.15) is 0 Å². The fraction of sp³-hybridized carbons (Fsp3) is 0.500. The first-order chi connectivity index (χ1) is 9.81. The molecule has 0 aliphatic carbocycles. The highest BCUT2D eigenvalue weighted by Gasteiger charge is 2.09. The van der Waals surface area contributed by atoms with Gasteiger partial charge in [0.15, 0.2) is 0 Å². The Balaban J connectivity index is 2.51. The monoisotopic (exact) mass is 314 g/mol. The lowest BCUT2D eigenvalue weighted by Gasteiger charge is -2.12. The number of amides is 1. The fourth-order valence-electron chi connectivity index (χ4n) is 1.80. The number of carbonyl (C=O) groups is 1. The Hall–Kier alpha value is -1.44. The van der Waals surface area contributed by atoms with Gasteiger partial charge in [-0.15, -0.1) is 0 Å². The zero-order valence-electron chi connectivity index (χ0n) is 12.5. The summed E-state index contributed by atoms with van der Waals surface area (Å²) in [5.74, 6) is -0.152. The summed E-state index contributed by atoms with van der Waals surface area (Å²) in [6, 6.07) is 7.04. The second-order valence-corrected chi connectivity index (χ2v) is 6.78. The zero-order valence-corrected chi connectivity index (χ0v) is 13.4. The van der Waals surface area contributed by atoms with Crippen molar-refractivity contribution in [3.05, 3.63) is 35.4 Å². The molecular formula is C14H22N2O4S. The molecule has 0 saturated carbocycles. The number of nitrogens with one attached hydrogen (secondary N) is 2. The Kier molecular flexibility index (Phi) is 6.80. The average Bonchev–Trinajstić information content (AvgIpc) is 2.38. The van der Waals surface area contributed by atoms with Gasteiger partial charge < -0.3 is 10.1 Å². The lowest BCUT2D eigenvalue weighted by molar-refractivity contribution is 0.0905. The first-order valence-corrected chi connectivity index (χ1v) is 8.54. The number of methoxy groups -OCH3 is 1. The summed E-state index contributed by atoms with van der Waals surface area (Å²) in [7, 11) is -1.58. The Labute approximate surface area is 125 Å². The maximum absolute atomic E-state index is 11.9. The number of rotatable bonds is 8. The lowest BCUT2D eigenvalue weighted by atomic mass is 10.1. The molecule has 1 unspecified atom stereocenters. The van der Waals surface area contributed by atoms with E-state index in [-0.39, 0.29) is 11.9 Å². The number of benzene rings is 1. The maximum Gasteiger partial charge on any atom is 0.251 e. The number of ether oxygens (including phenoxy) is 1. The molecule has 1 amide bonds. The Morgan fingerprint density at radius 2 is 1.90 bits per heavy atom. The third-order valence-corrected chi connectivity index (χ3v) is 3.52. The summed E-state index contributed by atoms with van der Waals surface area (Å²) in [6.07, 6.45) is 1.71. The first kappa shape index (κ1) is 17.6. The van der Waals surface area contributed by atoms with E-state index in [9.17, 15) is 13.2 Å². The molecule has 0 aliphatic heterocycles. The van der Waals surface area contributed by atoms with E-state index in [2.05, 4.69) is 10.0 Å². The number of carbonyl (C=O) groups excluding carboxylic acids is 1. The van der Waals surface area contributed by atoms with Gasteiger partial charge in [0, 0.05) is 25.3 Å². The number of hydrogen-bond acceptors (Lipinski definition) is 4. The van der Waals surface area contributed by atoms with Gasteiger partial charge >= 0.3 is 0 Å². The summed E-state index contributed by atoms with van der Waals surface area (Å²) in [4.78, 5) is 11.9. The Morgan fingerprint density at radius 3 is 2.43 bits per heavy atom. The van der Waals surface area contributed by atoms with E-state index < -0.39 is 10.0 Å². The van der Waals surface area contributed by atoms with Gasteiger partial charge in [-0.1, -0.05) is 12.1 Å². The summed E-state index contributed by atoms with van der Waals surface area (Å²) >= 11 is 0. The molecule has 0 spiro atoms. The summed E-state index contributed by atoms with van der Waals surface area (Å²) in [5, 5.41) is 2.82. The van der Waals surface area contributed by atoms with E-state index in [0.29, 0.717) is 25.1 Å². The van der Waals surface area contributed by atoms with Gasteiger partial charge in [0.1, 0.15) is 0 Å². The molecule has 1 aromatic rings. The topological polar surface area (TPSA) is 84.5 Å². The highest BCUT2D eigenvalue weighted by atomic mass is 32.2. The maximum atomic E-state index is 11.9. The van der Waals surface area contributed by atoms with Crippen molar-refractivity contribution in [2.75, 3.05) is 26.5 Å². The summed E-state index contributed by atoms with van der Waals surface area (Å²) in [5.41, 5.74) is 1.53. The third kappa shape index (κ3) is 7.22. The normalized spacial score (nSPS) is 12.9. The van der Waals surface area contributed by atoms with Crippen molar-refractivity contribution < 1.29 is 17.9 Å². The van der Waals surface area contributed by atoms with Crippen LogP contribution in [0.15, 0.2) is 24.3 Å². The Bertz CT molecular complexity index is 555. The van der Waals surface area contributed by atoms with E-state index in [0.717, 1.165) is 11.8 Å². The largest absolute Gasteiger partial charge is 0.383 e. The number of sulfonamides is 1. The van der Waals surface area contributed by atoms with Crippen molar-refractivity contribution >= 4 is 15.9 Å². The van der Waals surface area contributed by atoms with Gasteiger partial charge in [-0.05, 0) is 31.0 Å². The van der Waals surface area contributed by atoms with Crippen molar-refractivity contribution in [3.8, 4) is 0 Å². The minimum atomic E-state index is -3.16. The van der Waals surface area contributed by atoms with E-state index in [1.807, 2.05) is 19.1 Å². The molecule has 7 heteroatoms. The highest BCUT2D eigenvalue weighted by molar-refractivity contribution is 7.88. The molecule has 1 atom stereocenters. The van der Waals surface area contributed by atoms with E-state index >= 15 is 0 Å². The standard InChI is InChI=1S/C14H22N2O4S/c1-11(10-20-2)16-14(17)13-6-4-12(5-7-13)8-9-15-21(3,18)19/h4-7,11,15H,8-10H2,1-3H3,(H,16,17). The van der Waals surface area contributed by atoms with Crippen molar-refractivity contribution in [2.24, 2.45) is 0 Å². The molecule has 6 nitrogen and oxygen atoms in total. The fourth-order valence-corrected chi connectivity index (χ4v) is 2.28. The smallest absolute Gasteiger partial charge is 0.251 e. The molecule has 21 heavy (non-hydrogen) atoms. The second kappa shape index (κ2) is 8.11. The molecule has 1 aromatic carbocycles. The molecule has 0 bridgehead atoms. The van der Waals surface area contributed by atoms with E-state index in [1.165, 1.54) is 0 Å². The van der Waals surface area contributed by atoms with Gasteiger partial charge in [-0.25, -0.2) is 13.1 Å². The van der Waals surface area contributed by atoms with Crippen LogP contribution in [0.5, 0.6) is 0 Å². The van der Waals surface area contributed by atoms with E-state index in [1.54, 1.807) is 19.2 Å². The molecule has 0 aromatic heterocycles. The molecule has 0 aliphatic rings. The van der Waals surface area contributed by atoms with Crippen molar-refractivity contribution in [3.63, 3.8) is 0 Å². The molecule has 0 radical (unpaired) electrons. The molecule has 0 fully saturated rings. The minimum absolute atomic E-state index is 0.0545. The van der Waals surface area contributed by atoms with Crippen LogP contribution in [0.2, 0.25) is 0 Å². The summed E-state index contributed by atoms with van der Waals surface area (Å²) < 4.78 is 29.3. The third-order valence-electron chi connectivity index (χ3n) is 2.79. The van der Waals surface area contributed by atoms with Gasteiger partial charge in [-0.3, -0.25) is 4.79 Å². The van der Waals surface area contributed by atoms with Gasteiger partial charge in [0.25, 0.3) is 5.91 Å². The SMILES string of the molecule is COCC(C)NC(=O)c1ccc(CCNS(C)(=O)=O)cc1. The van der Waals surface area contributed by atoms with Crippen LogP contribution >= 0.6 is 0 Å². The van der Waals surface area contributed by atoms with Crippen molar-refractivity contribution in [2.45, 2.75) is 19.4 Å². The Morgan fingerprint density at radius 1 is 1.29 bits per heavy atom. The average molecular weight is 314 g/mol. The van der Waals surface area contributed by atoms with Crippen molar-refractivity contribution in [1.29, 1.82) is 0 Å². The predicted molar refractivity (Wildman–Crippen MR) is 81.8 cm³/mol. The van der Waals surface area contributed by atoms with Crippen LogP contribution in [-0.4, -0.2) is 46.9 Å². The van der Waals surface area contributed by atoms with Crippen LogP contribution in [0, 0.1) is 0 Å². The minimum Gasteiger partial charge on any atom is -0.383 e. The molecule has 0 saturated heterocycles. The second-order valence-electron chi connectivity index (χ2n) is 4.94. The molecule has 2 N–H and O–H groups in total. The van der Waals surface area contributed by atoms with Gasteiger partial charge in [0.2, 0.25) is 10.0 Å². The van der Waals surface area contributed by atoms with E-state index in [4.69, 9.17) is 4.74 Å². The highest BCUT2D eigenvalue weighted by Crippen LogP contribution is 2.05. The van der Waals surface area contributed by atoms with Crippen LogP contribution in [0.25, 0.3) is 0 Å². The molecule has 118 valence electrons. The van der Waals surface area contributed by atoms with Crippen LogP contribution in [0.1, 0.15) is 22.8 Å². The van der Waals surface area contributed by atoms with Crippen LogP contribution < -0.4 is 10.0 Å². The van der Waals surface area contributed by atoms with Gasteiger partial charge in [0.05, 0.1) is 12.9 Å². The molecular weight excluding hydrogens is 292 g/mol. The summed E-state index contributed by atoms with van der Waals surface area (Å²) in [6.45, 7) is 2.67. The quantitative estimate of drug-likeness (QED) is 0.733. The molecule has 1 rings (SSSR count). The van der Waals surface area contributed by atoms with Crippen molar-refractivity contribution in [1.82, 2.24) is 10.0 Å². The number of hydrogen-bond donors (Lipinski definition) is 2. The first-order valence-electron chi connectivity index (χ1n) is 6.65. The predicted octanol–water partition coefficient (Wildman–Crippen LogP) is 0.543. The van der Waals surface area contributed by atoms with Crippen LogP contribution in [0.4, 0.5) is 0 Å². The lowest BCUT2D eigenvalue weighted by Crippen LogP contribution is -2.35. The van der Waals surface area contributed by atoms with Crippen LogP contribution in [-0.2, 0) is 21.2 Å².